The van der Waals surface area contributed by atoms with E-state index in [2.05, 4.69) is 13.8 Å². The molecule has 1 unspecified atom stereocenters. The van der Waals surface area contributed by atoms with Crippen molar-refractivity contribution in [1.82, 2.24) is 0 Å². The molecule has 74 valence electrons. The van der Waals surface area contributed by atoms with Crippen LogP contribution in [-0.4, -0.2) is 13.7 Å². The molecule has 2 heteroatoms. The van der Waals surface area contributed by atoms with Gasteiger partial charge in [0.2, 0.25) is 0 Å². The van der Waals surface area contributed by atoms with E-state index >= 15 is 0 Å². The van der Waals surface area contributed by atoms with E-state index in [9.17, 15) is 0 Å². The van der Waals surface area contributed by atoms with Crippen molar-refractivity contribution < 1.29 is 9.47 Å². The van der Waals surface area contributed by atoms with Gasteiger partial charge in [-0.15, -0.1) is 0 Å². The maximum Gasteiger partial charge on any atom is 0.121 e. The molecule has 0 spiro atoms. The molecule has 0 aromatic rings. The van der Waals surface area contributed by atoms with Crippen molar-refractivity contribution in [2.45, 2.75) is 27.2 Å². The lowest BCUT2D eigenvalue weighted by atomic mass is 9.92. The molecule has 0 amide bonds. The van der Waals surface area contributed by atoms with E-state index in [1.807, 2.05) is 13.0 Å². The highest BCUT2D eigenvalue weighted by molar-refractivity contribution is 5.28. The molecule has 13 heavy (non-hydrogen) atoms. The van der Waals surface area contributed by atoms with Gasteiger partial charge in [-0.1, -0.05) is 6.92 Å². The Kier molecular flexibility index (Phi) is 3.40. The summed E-state index contributed by atoms with van der Waals surface area (Å²) in [5, 5.41) is 0. The van der Waals surface area contributed by atoms with Crippen molar-refractivity contribution in [3.63, 3.8) is 0 Å². The minimum Gasteiger partial charge on any atom is -0.501 e. The van der Waals surface area contributed by atoms with Gasteiger partial charge >= 0.3 is 0 Å². The fourth-order valence-electron chi connectivity index (χ4n) is 1.47. The van der Waals surface area contributed by atoms with Crippen molar-refractivity contribution in [3.05, 3.63) is 23.2 Å². The summed E-state index contributed by atoms with van der Waals surface area (Å²) in [5.41, 5.74) is 1.32. The Balaban J connectivity index is 2.85. The molecule has 0 heterocycles. The lowest BCUT2D eigenvalue weighted by molar-refractivity contribution is 0.214. The molecule has 0 saturated heterocycles. The summed E-state index contributed by atoms with van der Waals surface area (Å²) >= 11 is 0. The smallest absolute Gasteiger partial charge is 0.121 e. The van der Waals surface area contributed by atoms with Crippen LogP contribution in [0.2, 0.25) is 0 Å². The van der Waals surface area contributed by atoms with Gasteiger partial charge in [-0.05, 0) is 25.3 Å². The van der Waals surface area contributed by atoms with E-state index in [1.54, 1.807) is 7.11 Å². The summed E-state index contributed by atoms with van der Waals surface area (Å²) in [6.07, 6.45) is 2.98. The van der Waals surface area contributed by atoms with E-state index in [-0.39, 0.29) is 0 Å². The predicted octanol–water partition coefficient (Wildman–Crippen LogP) is 2.87. The first-order valence-corrected chi connectivity index (χ1v) is 4.77. The summed E-state index contributed by atoms with van der Waals surface area (Å²) in [6, 6.07) is 0. The van der Waals surface area contributed by atoms with E-state index in [4.69, 9.17) is 9.47 Å². The molecule has 1 rings (SSSR count). The van der Waals surface area contributed by atoms with Crippen molar-refractivity contribution in [1.29, 1.82) is 0 Å². The average molecular weight is 182 g/mol. The van der Waals surface area contributed by atoms with Crippen LogP contribution in [0.15, 0.2) is 23.2 Å². The van der Waals surface area contributed by atoms with E-state index < -0.39 is 0 Å². The molecular weight excluding hydrogens is 164 g/mol. The third-order valence-electron chi connectivity index (χ3n) is 2.49. The molecule has 0 aliphatic heterocycles. The van der Waals surface area contributed by atoms with Crippen LogP contribution in [0.4, 0.5) is 0 Å². The number of hydrogen-bond donors (Lipinski definition) is 0. The standard InChI is InChI=1S/C11H18O2/c1-5-13-11-7-10(12-4)6-8(2)9(11)3/h7-8H,5-6H2,1-4H3. The van der Waals surface area contributed by atoms with Crippen LogP contribution in [0.3, 0.4) is 0 Å². The highest BCUT2D eigenvalue weighted by atomic mass is 16.5. The third kappa shape index (κ3) is 2.27. The molecule has 0 aromatic heterocycles. The minimum atomic E-state index is 0.529. The molecule has 0 radical (unpaired) electrons. The topological polar surface area (TPSA) is 18.5 Å². The minimum absolute atomic E-state index is 0.529. The zero-order valence-electron chi connectivity index (χ0n) is 8.89. The predicted molar refractivity (Wildman–Crippen MR) is 53.2 cm³/mol. The van der Waals surface area contributed by atoms with Gasteiger partial charge in [0.1, 0.15) is 5.76 Å². The van der Waals surface area contributed by atoms with Gasteiger partial charge < -0.3 is 9.47 Å². The fraction of sp³-hybridized carbons (Fsp3) is 0.636. The monoisotopic (exact) mass is 182 g/mol. The maximum absolute atomic E-state index is 5.52. The zero-order valence-corrected chi connectivity index (χ0v) is 8.89. The lowest BCUT2D eigenvalue weighted by Crippen LogP contribution is -2.10. The van der Waals surface area contributed by atoms with Crippen LogP contribution >= 0.6 is 0 Å². The van der Waals surface area contributed by atoms with Gasteiger partial charge in [0, 0.05) is 12.5 Å². The van der Waals surface area contributed by atoms with Crippen molar-refractivity contribution in [2.75, 3.05) is 13.7 Å². The molecule has 0 saturated carbocycles. The summed E-state index contributed by atoms with van der Waals surface area (Å²) in [6.45, 7) is 7.03. The SMILES string of the molecule is CCOC1=C(C)C(C)CC(OC)=C1. The van der Waals surface area contributed by atoms with Gasteiger partial charge in [-0.2, -0.15) is 0 Å². The van der Waals surface area contributed by atoms with Crippen LogP contribution in [0.1, 0.15) is 27.2 Å². The number of methoxy groups -OCH3 is 1. The van der Waals surface area contributed by atoms with Gasteiger partial charge in [0.05, 0.1) is 19.5 Å². The molecule has 0 aromatic carbocycles. The Morgan fingerprint density at radius 3 is 2.77 bits per heavy atom. The van der Waals surface area contributed by atoms with Crippen LogP contribution in [0.5, 0.6) is 0 Å². The van der Waals surface area contributed by atoms with Crippen molar-refractivity contribution in [2.24, 2.45) is 5.92 Å². The first-order chi connectivity index (χ1) is 6.19. The van der Waals surface area contributed by atoms with Crippen molar-refractivity contribution >= 4 is 0 Å². The summed E-state index contributed by atoms with van der Waals surface area (Å²) in [4.78, 5) is 0. The Hall–Kier alpha value is -0.920. The molecule has 0 N–H and O–H groups in total. The van der Waals surface area contributed by atoms with E-state index in [1.165, 1.54) is 5.57 Å². The molecule has 0 bridgehead atoms. The Morgan fingerprint density at radius 2 is 2.23 bits per heavy atom. The second-order valence-electron chi connectivity index (χ2n) is 3.40. The molecular formula is C11H18O2. The van der Waals surface area contributed by atoms with Gasteiger partial charge in [0.15, 0.2) is 0 Å². The largest absolute Gasteiger partial charge is 0.501 e. The maximum atomic E-state index is 5.52. The number of hydrogen-bond acceptors (Lipinski definition) is 2. The van der Waals surface area contributed by atoms with Gasteiger partial charge in [-0.3, -0.25) is 0 Å². The molecule has 2 nitrogen and oxygen atoms in total. The molecule has 0 fully saturated rings. The van der Waals surface area contributed by atoms with Crippen LogP contribution in [0, 0.1) is 5.92 Å². The Labute approximate surface area is 80.2 Å². The zero-order chi connectivity index (χ0) is 9.84. The molecule has 1 aliphatic carbocycles. The number of allylic oxidation sites excluding steroid dienone is 3. The summed E-state index contributed by atoms with van der Waals surface area (Å²) in [5.74, 6) is 2.53. The summed E-state index contributed by atoms with van der Waals surface area (Å²) < 4.78 is 10.8. The second-order valence-corrected chi connectivity index (χ2v) is 3.40. The molecule has 1 aliphatic rings. The Bertz CT molecular complexity index is 238. The van der Waals surface area contributed by atoms with Crippen molar-refractivity contribution in [3.8, 4) is 0 Å². The number of rotatable bonds is 3. The van der Waals surface area contributed by atoms with Crippen LogP contribution < -0.4 is 0 Å². The first-order valence-electron chi connectivity index (χ1n) is 4.77. The van der Waals surface area contributed by atoms with E-state index in [0.29, 0.717) is 12.5 Å². The van der Waals surface area contributed by atoms with Gasteiger partial charge in [0.25, 0.3) is 0 Å². The summed E-state index contributed by atoms with van der Waals surface area (Å²) in [7, 11) is 1.71. The second kappa shape index (κ2) is 4.35. The fourth-order valence-corrected chi connectivity index (χ4v) is 1.47. The highest BCUT2D eigenvalue weighted by Crippen LogP contribution is 2.29. The highest BCUT2D eigenvalue weighted by Gasteiger charge is 2.18. The third-order valence-corrected chi connectivity index (χ3v) is 2.49. The molecule has 1 atom stereocenters. The normalized spacial score (nSPS) is 22.8. The van der Waals surface area contributed by atoms with Crippen LogP contribution in [0.25, 0.3) is 0 Å². The quantitative estimate of drug-likeness (QED) is 0.668. The Morgan fingerprint density at radius 1 is 1.54 bits per heavy atom. The van der Waals surface area contributed by atoms with E-state index in [0.717, 1.165) is 17.9 Å². The van der Waals surface area contributed by atoms with Gasteiger partial charge in [-0.25, -0.2) is 0 Å². The number of ether oxygens (including phenoxy) is 2. The first kappa shape index (κ1) is 10.2. The lowest BCUT2D eigenvalue weighted by Gasteiger charge is -2.22. The average Bonchev–Trinajstić information content (AvgIpc) is 2.13. The van der Waals surface area contributed by atoms with Crippen LogP contribution in [-0.2, 0) is 9.47 Å².